The third-order valence-corrected chi connectivity index (χ3v) is 2.15. The van der Waals surface area contributed by atoms with E-state index >= 15 is 0 Å². The summed E-state index contributed by atoms with van der Waals surface area (Å²) in [6.07, 6.45) is 0.240. The highest BCUT2D eigenvalue weighted by atomic mass is 35.5. The van der Waals surface area contributed by atoms with Crippen LogP contribution in [0, 0.1) is 15.9 Å². The number of benzene rings is 1. The zero-order valence-corrected chi connectivity index (χ0v) is 8.79. The van der Waals surface area contributed by atoms with Crippen molar-refractivity contribution < 1.29 is 9.31 Å². The Morgan fingerprint density at radius 3 is 2.73 bits per heavy atom. The lowest BCUT2D eigenvalue weighted by Gasteiger charge is -2.06. The van der Waals surface area contributed by atoms with Gasteiger partial charge in [0.1, 0.15) is 5.82 Å². The van der Waals surface area contributed by atoms with Crippen molar-refractivity contribution in [2.24, 2.45) is 5.73 Å². The number of halogens is 2. The van der Waals surface area contributed by atoms with Gasteiger partial charge in [0.2, 0.25) is 0 Å². The Hall–Kier alpha value is -1.20. The average Bonchev–Trinajstić information content (AvgIpc) is 2.09. The summed E-state index contributed by atoms with van der Waals surface area (Å²) in [6.45, 7) is 1.69. The van der Waals surface area contributed by atoms with Crippen molar-refractivity contribution in [2.75, 3.05) is 0 Å². The van der Waals surface area contributed by atoms with Crippen molar-refractivity contribution in [2.45, 2.75) is 19.4 Å². The highest BCUT2D eigenvalue weighted by Gasteiger charge is 2.18. The predicted octanol–water partition coefficient (Wildman–Crippen LogP) is 2.28. The molecule has 15 heavy (non-hydrogen) atoms. The molecule has 1 rings (SSSR count). The second kappa shape index (κ2) is 4.55. The highest BCUT2D eigenvalue weighted by Crippen LogP contribution is 2.26. The standard InChI is InChI=1S/C9H10ClFN2O2/c1-5(12)2-6-3-8(11)7(10)4-9(6)13(14)15/h3-5H,2,12H2,1H3. The number of hydrogen-bond acceptors (Lipinski definition) is 3. The molecular formula is C9H10ClFN2O2. The monoisotopic (exact) mass is 232 g/mol. The Kier molecular flexibility index (Phi) is 3.60. The summed E-state index contributed by atoms with van der Waals surface area (Å²) < 4.78 is 13.1. The molecule has 0 saturated heterocycles. The summed E-state index contributed by atoms with van der Waals surface area (Å²) in [5.41, 5.74) is 5.57. The molecule has 1 aromatic rings. The van der Waals surface area contributed by atoms with Crippen LogP contribution in [0.1, 0.15) is 12.5 Å². The number of nitro benzene ring substituents is 1. The van der Waals surface area contributed by atoms with E-state index in [2.05, 4.69) is 0 Å². The first kappa shape index (κ1) is 11.9. The number of rotatable bonds is 3. The van der Waals surface area contributed by atoms with Gasteiger partial charge < -0.3 is 5.73 Å². The molecule has 82 valence electrons. The molecular weight excluding hydrogens is 223 g/mol. The first-order chi connectivity index (χ1) is 6.91. The maximum absolute atomic E-state index is 13.1. The normalized spacial score (nSPS) is 12.5. The average molecular weight is 233 g/mol. The molecule has 0 aliphatic heterocycles. The van der Waals surface area contributed by atoms with Gasteiger partial charge in [0.15, 0.2) is 0 Å². The first-order valence-electron chi connectivity index (χ1n) is 4.29. The molecule has 0 bridgehead atoms. The van der Waals surface area contributed by atoms with Crippen LogP contribution in [0.5, 0.6) is 0 Å². The molecule has 0 radical (unpaired) electrons. The molecule has 1 unspecified atom stereocenters. The minimum absolute atomic E-state index is 0.196. The third-order valence-electron chi connectivity index (χ3n) is 1.86. The van der Waals surface area contributed by atoms with Crippen molar-refractivity contribution in [3.8, 4) is 0 Å². The van der Waals surface area contributed by atoms with E-state index in [9.17, 15) is 14.5 Å². The number of nitro groups is 1. The molecule has 0 aromatic heterocycles. The van der Waals surface area contributed by atoms with Crippen LogP contribution in [0.3, 0.4) is 0 Å². The zero-order valence-electron chi connectivity index (χ0n) is 8.04. The van der Waals surface area contributed by atoms with Crippen LogP contribution in [0.25, 0.3) is 0 Å². The lowest BCUT2D eigenvalue weighted by molar-refractivity contribution is -0.385. The van der Waals surface area contributed by atoms with Gasteiger partial charge in [0.25, 0.3) is 5.69 Å². The van der Waals surface area contributed by atoms with Crippen LogP contribution < -0.4 is 5.73 Å². The van der Waals surface area contributed by atoms with Crippen molar-refractivity contribution >= 4 is 17.3 Å². The topological polar surface area (TPSA) is 69.2 Å². The van der Waals surface area contributed by atoms with Crippen LogP contribution in [-0.2, 0) is 6.42 Å². The maximum Gasteiger partial charge on any atom is 0.274 e. The third kappa shape index (κ3) is 2.87. The van der Waals surface area contributed by atoms with E-state index in [0.29, 0.717) is 0 Å². The van der Waals surface area contributed by atoms with Crippen molar-refractivity contribution in [1.29, 1.82) is 0 Å². The van der Waals surface area contributed by atoms with Gasteiger partial charge >= 0.3 is 0 Å². The van der Waals surface area contributed by atoms with E-state index in [1.807, 2.05) is 0 Å². The Bertz CT molecular complexity index is 396. The molecule has 0 spiro atoms. The zero-order chi connectivity index (χ0) is 11.6. The molecule has 0 saturated carbocycles. The number of nitrogens with two attached hydrogens (primary N) is 1. The molecule has 0 fully saturated rings. The van der Waals surface area contributed by atoms with Gasteiger partial charge in [-0.2, -0.15) is 0 Å². The van der Waals surface area contributed by atoms with Crippen LogP contribution in [0.2, 0.25) is 5.02 Å². The van der Waals surface area contributed by atoms with Crippen molar-refractivity contribution in [1.82, 2.24) is 0 Å². The minimum Gasteiger partial charge on any atom is -0.328 e. The number of nitrogens with zero attached hydrogens (tertiary/aromatic N) is 1. The second-order valence-corrected chi connectivity index (χ2v) is 3.74. The van der Waals surface area contributed by atoms with Crippen LogP contribution >= 0.6 is 11.6 Å². The van der Waals surface area contributed by atoms with Gasteiger partial charge in [-0.15, -0.1) is 0 Å². The molecule has 4 nitrogen and oxygen atoms in total. The fourth-order valence-corrected chi connectivity index (χ4v) is 1.42. The van der Waals surface area contributed by atoms with Crippen molar-refractivity contribution in [3.05, 3.63) is 38.7 Å². The van der Waals surface area contributed by atoms with E-state index in [1.165, 1.54) is 0 Å². The van der Waals surface area contributed by atoms with Gasteiger partial charge in [-0.05, 0) is 19.4 Å². The van der Waals surface area contributed by atoms with Gasteiger partial charge in [-0.1, -0.05) is 11.6 Å². The molecule has 0 aliphatic rings. The molecule has 1 aromatic carbocycles. The lowest BCUT2D eigenvalue weighted by atomic mass is 10.1. The van der Waals surface area contributed by atoms with E-state index in [0.717, 1.165) is 12.1 Å². The van der Waals surface area contributed by atoms with Gasteiger partial charge in [0, 0.05) is 17.7 Å². The summed E-state index contributed by atoms with van der Waals surface area (Å²) in [4.78, 5) is 10.1. The molecule has 0 amide bonds. The molecule has 0 aliphatic carbocycles. The van der Waals surface area contributed by atoms with E-state index in [-0.39, 0.29) is 28.7 Å². The van der Waals surface area contributed by atoms with E-state index in [1.54, 1.807) is 6.92 Å². The quantitative estimate of drug-likeness (QED) is 0.642. The second-order valence-electron chi connectivity index (χ2n) is 3.33. The summed E-state index contributed by atoms with van der Waals surface area (Å²) in [5, 5.41) is 10.4. The lowest BCUT2D eigenvalue weighted by Crippen LogP contribution is -2.18. The van der Waals surface area contributed by atoms with Gasteiger partial charge in [0.05, 0.1) is 9.95 Å². The Balaban J connectivity index is 3.22. The first-order valence-corrected chi connectivity index (χ1v) is 4.67. The van der Waals surface area contributed by atoms with Crippen molar-refractivity contribution in [3.63, 3.8) is 0 Å². The molecule has 1 atom stereocenters. The van der Waals surface area contributed by atoms with Gasteiger partial charge in [-0.25, -0.2) is 4.39 Å². The summed E-state index contributed by atoms with van der Waals surface area (Å²) in [7, 11) is 0. The van der Waals surface area contributed by atoms with E-state index in [4.69, 9.17) is 17.3 Å². The summed E-state index contributed by atoms with van der Waals surface area (Å²) >= 11 is 5.46. The summed E-state index contributed by atoms with van der Waals surface area (Å²) in [6, 6.07) is 1.79. The Morgan fingerprint density at radius 1 is 1.67 bits per heavy atom. The summed E-state index contributed by atoms with van der Waals surface area (Å²) in [5.74, 6) is -0.669. The Labute approximate surface area is 91.0 Å². The largest absolute Gasteiger partial charge is 0.328 e. The highest BCUT2D eigenvalue weighted by molar-refractivity contribution is 6.31. The predicted molar refractivity (Wildman–Crippen MR) is 55.4 cm³/mol. The van der Waals surface area contributed by atoms with Crippen LogP contribution in [0.4, 0.5) is 10.1 Å². The SMILES string of the molecule is CC(N)Cc1cc(F)c(Cl)cc1[N+](=O)[O-]. The van der Waals surface area contributed by atoms with Crippen LogP contribution in [-0.4, -0.2) is 11.0 Å². The fourth-order valence-electron chi connectivity index (χ4n) is 1.26. The van der Waals surface area contributed by atoms with Crippen LogP contribution in [0.15, 0.2) is 12.1 Å². The maximum atomic E-state index is 13.1. The van der Waals surface area contributed by atoms with Gasteiger partial charge in [-0.3, -0.25) is 10.1 Å². The Morgan fingerprint density at radius 2 is 2.27 bits per heavy atom. The smallest absolute Gasteiger partial charge is 0.274 e. The molecule has 6 heteroatoms. The molecule has 0 heterocycles. The van der Waals surface area contributed by atoms with E-state index < -0.39 is 10.7 Å². The minimum atomic E-state index is -0.669. The fraction of sp³-hybridized carbons (Fsp3) is 0.333. The molecule has 2 N–H and O–H groups in total. The number of hydrogen-bond donors (Lipinski definition) is 1.